The summed E-state index contributed by atoms with van der Waals surface area (Å²) in [5, 5.41) is 3.99. The molecule has 1 aromatic carbocycles. The molecule has 0 aliphatic heterocycles. The van der Waals surface area contributed by atoms with Gasteiger partial charge in [0.2, 0.25) is 0 Å². The Kier molecular flexibility index (Phi) is 4.06. The molecular weight excluding hydrogens is 278 g/mol. The molecular formula is C15H16F2N2O2. The normalized spacial score (nSPS) is 11.5. The van der Waals surface area contributed by atoms with Crippen molar-refractivity contribution in [3.8, 4) is 5.69 Å². The summed E-state index contributed by atoms with van der Waals surface area (Å²) in [6.07, 6.45) is 3.06. The van der Waals surface area contributed by atoms with Crippen molar-refractivity contribution in [2.45, 2.75) is 32.8 Å². The zero-order valence-corrected chi connectivity index (χ0v) is 12.1. The van der Waals surface area contributed by atoms with E-state index in [-0.39, 0.29) is 18.1 Å². The highest BCUT2D eigenvalue weighted by Gasteiger charge is 2.17. The first-order chi connectivity index (χ1) is 9.73. The molecule has 0 N–H and O–H groups in total. The third-order valence-electron chi connectivity index (χ3n) is 2.52. The zero-order chi connectivity index (χ0) is 15.6. The third-order valence-corrected chi connectivity index (χ3v) is 2.52. The minimum atomic E-state index is -0.686. The molecule has 2 aromatic rings. The molecule has 0 radical (unpaired) electrons. The maximum atomic E-state index is 13.2. The van der Waals surface area contributed by atoms with Crippen LogP contribution in [0.25, 0.3) is 5.69 Å². The Bertz CT molecular complexity index is 640. The summed E-state index contributed by atoms with van der Waals surface area (Å²) in [4.78, 5) is 11.7. The van der Waals surface area contributed by atoms with Gasteiger partial charge in [-0.2, -0.15) is 5.10 Å². The summed E-state index contributed by atoms with van der Waals surface area (Å²) < 4.78 is 32.8. The number of carbonyl (C=O) groups excluding carboxylic acids is 1. The van der Waals surface area contributed by atoms with Crippen molar-refractivity contribution >= 4 is 5.97 Å². The third kappa shape index (κ3) is 4.37. The van der Waals surface area contributed by atoms with Gasteiger partial charge in [-0.15, -0.1) is 0 Å². The predicted molar refractivity (Wildman–Crippen MR) is 73.0 cm³/mol. The number of esters is 1. The average molecular weight is 294 g/mol. The average Bonchev–Trinajstić information content (AvgIpc) is 2.73. The maximum absolute atomic E-state index is 13.2. The molecule has 6 heteroatoms. The van der Waals surface area contributed by atoms with Crippen molar-refractivity contribution < 1.29 is 18.3 Å². The Labute approximate surface area is 121 Å². The molecule has 0 bridgehead atoms. The second-order valence-corrected chi connectivity index (χ2v) is 5.68. The molecule has 112 valence electrons. The van der Waals surface area contributed by atoms with Crippen LogP contribution in [0.3, 0.4) is 0 Å². The van der Waals surface area contributed by atoms with Crippen molar-refractivity contribution in [3.63, 3.8) is 0 Å². The molecule has 0 fully saturated rings. The van der Waals surface area contributed by atoms with Gasteiger partial charge in [0, 0.05) is 17.8 Å². The van der Waals surface area contributed by atoms with Crippen LogP contribution >= 0.6 is 0 Å². The van der Waals surface area contributed by atoms with E-state index in [0.29, 0.717) is 5.56 Å². The van der Waals surface area contributed by atoms with Crippen LogP contribution in [0.5, 0.6) is 0 Å². The van der Waals surface area contributed by atoms with E-state index in [1.807, 2.05) is 0 Å². The van der Waals surface area contributed by atoms with E-state index in [9.17, 15) is 13.6 Å². The van der Waals surface area contributed by atoms with E-state index < -0.39 is 17.2 Å². The van der Waals surface area contributed by atoms with Gasteiger partial charge < -0.3 is 4.74 Å². The Hall–Kier alpha value is -2.24. The summed E-state index contributed by atoms with van der Waals surface area (Å²) in [5.74, 6) is -1.75. The van der Waals surface area contributed by atoms with E-state index in [4.69, 9.17) is 4.74 Å². The SMILES string of the molecule is CC(C)(C)OC(=O)Cc1cnn(-c2cc(F)cc(F)c2)c1. The Morgan fingerprint density at radius 1 is 1.24 bits per heavy atom. The fourth-order valence-corrected chi connectivity index (χ4v) is 1.81. The molecule has 2 rings (SSSR count). The fourth-order valence-electron chi connectivity index (χ4n) is 1.81. The van der Waals surface area contributed by atoms with Crippen LogP contribution in [-0.4, -0.2) is 21.4 Å². The number of halogens is 2. The van der Waals surface area contributed by atoms with Crippen molar-refractivity contribution in [2.75, 3.05) is 0 Å². The molecule has 0 unspecified atom stereocenters. The molecule has 0 aliphatic carbocycles. The van der Waals surface area contributed by atoms with E-state index >= 15 is 0 Å². The second-order valence-electron chi connectivity index (χ2n) is 5.68. The summed E-state index contributed by atoms with van der Waals surface area (Å²) in [6, 6.07) is 3.11. The first-order valence-electron chi connectivity index (χ1n) is 6.45. The van der Waals surface area contributed by atoms with E-state index in [0.717, 1.165) is 18.2 Å². The predicted octanol–water partition coefficient (Wildman–Crippen LogP) is 3.03. The number of hydrogen-bond acceptors (Lipinski definition) is 3. The lowest BCUT2D eigenvalue weighted by molar-refractivity contribution is -0.153. The first-order valence-corrected chi connectivity index (χ1v) is 6.45. The van der Waals surface area contributed by atoms with Gasteiger partial charge in [0.05, 0.1) is 18.3 Å². The van der Waals surface area contributed by atoms with Crippen molar-refractivity contribution in [1.29, 1.82) is 0 Å². The lowest BCUT2D eigenvalue weighted by atomic mass is 10.2. The largest absolute Gasteiger partial charge is 0.460 e. The summed E-state index contributed by atoms with van der Waals surface area (Å²) in [6.45, 7) is 5.34. The topological polar surface area (TPSA) is 44.1 Å². The van der Waals surface area contributed by atoms with Crippen LogP contribution in [0, 0.1) is 11.6 Å². The van der Waals surface area contributed by atoms with Crippen LogP contribution < -0.4 is 0 Å². The van der Waals surface area contributed by atoms with E-state index in [1.165, 1.54) is 17.1 Å². The van der Waals surface area contributed by atoms with Crippen LogP contribution in [0.2, 0.25) is 0 Å². The van der Waals surface area contributed by atoms with Gasteiger partial charge in [0.1, 0.15) is 17.2 Å². The standard InChI is InChI=1S/C15H16F2N2O2/c1-15(2,3)21-14(20)4-10-8-18-19(9-10)13-6-11(16)5-12(17)7-13/h5-9H,4H2,1-3H3. The molecule has 0 atom stereocenters. The van der Waals surface area contributed by atoms with Gasteiger partial charge in [-0.3, -0.25) is 4.79 Å². The minimum absolute atomic E-state index is 0.0507. The van der Waals surface area contributed by atoms with Crippen LogP contribution in [0.4, 0.5) is 8.78 Å². The van der Waals surface area contributed by atoms with Crippen molar-refractivity contribution in [3.05, 3.63) is 47.8 Å². The zero-order valence-electron chi connectivity index (χ0n) is 12.1. The highest BCUT2D eigenvalue weighted by molar-refractivity contribution is 5.72. The Balaban J connectivity index is 2.13. The Morgan fingerprint density at radius 3 is 2.43 bits per heavy atom. The van der Waals surface area contributed by atoms with Gasteiger partial charge >= 0.3 is 5.97 Å². The van der Waals surface area contributed by atoms with E-state index in [2.05, 4.69) is 5.10 Å². The number of nitrogens with zero attached hydrogens (tertiary/aromatic N) is 2. The maximum Gasteiger partial charge on any atom is 0.310 e. The summed E-state index contributed by atoms with van der Waals surface area (Å²) in [7, 11) is 0. The van der Waals surface area contributed by atoms with Crippen molar-refractivity contribution in [1.82, 2.24) is 9.78 Å². The highest BCUT2D eigenvalue weighted by atomic mass is 19.1. The Morgan fingerprint density at radius 2 is 1.86 bits per heavy atom. The van der Waals surface area contributed by atoms with Gasteiger partial charge in [-0.25, -0.2) is 13.5 Å². The van der Waals surface area contributed by atoms with Crippen LogP contribution in [0.15, 0.2) is 30.6 Å². The monoisotopic (exact) mass is 294 g/mol. The lowest BCUT2D eigenvalue weighted by Crippen LogP contribution is -2.24. The summed E-state index contributed by atoms with van der Waals surface area (Å²) >= 11 is 0. The molecule has 0 saturated carbocycles. The number of benzene rings is 1. The minimum Gasteiger partial charge on any atom is -0.460 e. The quantitative estimate of drug-likeness (QED) is 0.817. The molecule has 4 nitrogen and oxygen atoms in total. The molecule has 0 spiro atoms. The van der Waals surface area contributed by atoms with Crippen molar-refractivity contribution in [2.24, 2.45) is 0 Å². The highest BCUT2D eigenvalue weighted by Crippen LogP contribution is 2.14. The number of aromatic nitrogens is 2. The number of carbonyl (C=O) groups is 1. The van der Waals surface area contributed by atoms with E-state index in [1.54, 1.807) is 20.8 Å². The number of ether oxygens (including phenoxy) is 1. The molecule has 0 aliphatic rings. The van der Waals surface area contributed by atoms with Gasteiger partial charge in [-0.1, -0.05) is 0 Å². The molecule has 1 aromatic heterocycles. The molecule has 1 heterocycles. The van der Waals surface area contributed by atoms with Crippen LogP contribution in [-0.2, 0) is 16.0 Å². The molecule has 0 saturated heterocycles. The van der Waals surface area contributed by atoms with Crippen LogP contribution in [0.1, 0.15) is 26.3 Å². The smallest absolute Gasteiger partial charge is 0.310 e. The van der Waals surface area contributed by atoms with Gasteiger partial charge in [0.15, 0.2) is 0 Å². The first kappa shape index (κ1) is 15.2. The molecule has 21 heavy (non-hydrogen) atoms. The lowest BCUT2D eigenvalue weighted by Gasteiger charge is -2.19. The van der Waals surface area contributed by atoms with Gasteiger partial charge in [-0.05, 0) is 32.9 Å². The summed E-state index contributed by atoms with van der Waals surface area (Å²) in [5.41, 5.74) is 0.301. The second kappa shape index (κ2) is 5.63. The van der Waals surface area contributed by atoms with Gasteiger partial charge in [0.25, 0.3) is 0 Å². The number of hydrogen-bond donors (Lipinski definition) is 0. The fraction of sp³-hybridized carbons (Fsp3) is 0.333. The number of rotatable bonds is 3. The molecule has 0 amide bonds.